The van der Waals surface area contributed by atoms with E-state index in [9.17, 15) is 18.0 Å². The number of unbranched alkanes of at least 4 members (excludes halogenated alkanes) is 1. The van der Waals surface area contributed by atoms with Gasteiger partial charge in [0.25, 0.3) is 5.91 Å². The molecule has 1 aliphatic heterocycles. The van der Waals surface area contributed by atoms with Crippen LogP contribution in [0.2, 0.25) is 0 Å². The summed E-state index contributed by atoms with van der Waals surface area (Å²) in [5.41, 5.74) is 2.02. The number of fused-ring (bicyclic) bond motifs is 1. The van der Waals surface area contributed by atoms with Crippen LogP contribution in [-0.2, 0) is 19.1 Å². The molecule has 0 atom stereocenters. The minimum atomic E-state index is -4.56. The summed E-state index contributed by atoms with van der Waals surface area (Å²) in [6, 6.07) is 7.99. The number of halogens is 3. The molecule has 0 spiro atoms. The highest BCUT2D eigenvalue weighted by molar-refractivity contribution is 6.07. The van der Waals surface area contributed by atoms with Crippen molar-refractivity contribution in [2.45, 2.75) is 58.7 Å². The summed E-state index contributed by atoms with van der Waals surface area (Å²) in [5.74, 6) is -0.766. The van der Waals surface area contributed by atoms with Gasteiger partial charge in [0, 0.05) is 18.8 Å². The molecule has 1 N–H and O–H groups in total. The summed E-state index contributed by atoms with van der Waals surface area (Å²) in [6.07, 6.45) is -2.17. The number of nitrogens with one attached hydrogen (secondary N) is 1. The minimum Gasteiger partial charge on any atom is -0.493 e. The number of carbonyl (C=O) groups excluding carboxylic acids is 1. The van der Waals surface area contributed by atoms with Gasteiger partial charge in [0.15, 0.2) is 0 Å². The largest absolute Gasteiger partial charge is 0.493 e. The van der Waals surface area contributed by atoms with Crippen LogP contribution in [0.25, 0.3) is 0 Å². The van der Waals surface area contributed by atoms with Crippen molar-refractivity contribution in [3.05, 3.63) is 58.1 Å². The normalized spacial score (nSPS) is 14.4. The zero-order chi connectivity index (χ0) is 23.5. The molecule has 0 fully saturated rings. The Hall–Kier alpha value is -2.54. The summed E-state index contributed by atoms with van der Waals surface area (Å²) in [7, 11) is 2.03. The van der Waals surface area contributed by atoms with Crippen molar-refractivity contribution in [3.8, 4) is 5.75 Å². The third-order valence-corrected chi connectivity index (χ3v) is 5.78. The molecule has 1 amide bonds. The maximum Gasteiger partial charge on any atom is 0.416 e. The first-order valence-corrected chi connectivity index (χ1v) is 11.1. The van der Waals surface area contributed by atoms with Gasteiger partial charge in [-0.05, 0) is 60.7 Å². The average Bonchev–Trinajstić information content (AvgIpc) is 2.72. The molecule has 1 heterocycles. The van der Waals surface area contributed by atoms with Gasteiger partial charge in [0.1, 0.15) is 5.75 Å². The summed E-state index contributed by atoms with van der Waals surface area (Å²) in [5, 5.41) is 2.85. The molecular formula is C25H31F3N2O2. The fourth-order valence-electron chi connectivity index (χ4n) is 4.00. The second kappa shape index (κ2) is 9.94. The average molecular weight is 449 g/mol. The molecule has 0 aromatic heterocycles. The van der Waals surface area contributed by atoms with Crippen LogP contribution >= 0.6 is 0 Å². The van der Waals surface area contributed by atoms with Crippen molar-refractivity contribution in [2.24, 2.45) is 0 Å². The van der Waals surface area contributed by atoms with Crippen molar-refractivity contribution in [1.29, 1.82) is 0 Å². The van der Waals surface area contributed by atoms with Gasteiger partial charge in [-0.15, -0.1) is 0 Å². The zero-order valence-corrected chi connectivity index (χ0v) is 19.1. The van der Waals surface area contributed by atoms with Gasteiger partial charge in [0.05, 0.1) is 17.7 Å². The SMILES string of the molecule is CCCCOc1cc(C(C)C)c(C(F)(F)F)cc1C(=O)Nc1cccc2c1CCN(C)C2. The number of amides is 1. The molecule has 7 heteroatoms. The van der Waals surface area contributed by atoms with E-state index in [-0.39, 0.29) is 22.8 Å². The Labute approximate surface area is 187 Å². The molecule has 1 aliphatic rings. The number of carbonyl (C=O) groups is 1. The molecule has 0 saturated carbocycles. The number of nitrogens with zero attached hydrogens (tertiary/aromatic N) is 1. The van der Waals surface area contributed by atoms with Crippen LogP contribution < -0.4 is 10.1 Å². The molecular weight excluding hydrogens is 417 g/mol. The molecule has 0 aliphatic carbocycles. The highest BCUT2D eigenvalue weighted by Crippen LogP contribution is 2.39. The predicted octanol–water partition coefficient (Wildman–Crippen LogP) is 6.25. The number of hydrogen-bond donors (Lipinski definition) is 1. The molecule has 0 saturated heterocycles. The van der Waals surface area contributed by atoms with Crippen LogP contribution in [-0.4, -0.2) is 31.0 Å². The molecule has 2 aromatic carbocycles. The molecule has 174 valence electrons. The highest BCUT2D eigenvalue weighted by Gasteiger charge is 2.36. The van der Waals surface area contributed by atoms with Gasteiger partial charge < -0.3 is 15.0 Å². The van der Waals surface area contributed by atoms with E-state index in [2.05, 4.69) is 10.2 Å². The second-order valence-electron chi connectivity index (χ2n) is 8.68. The highest BCUT2D eigenvalue weighted by atomic mass is 19.4. The first kappa shape index (κ1) is 24.1. The first-order chi connectivity index (χ1) is 15.1. The quantitative estimate of drug-likeness (QED) is 0.509. The smallest absolute Gasteiger partial charge is 0.416 e. The van der Waals surface area contributed by atoms with Crippen LogP contribution in [0.4, 0.5) is 18.9 Å². The number of rotatable bonds is 7. The van der Waals surface area contributed by atoms with Crippen molar-refractivity contribution < 1.29 is 22.7 Å². The number of alkyl halides is 3. The fourth-order valence-corrected chi connectivity index (χ4v) is 4.00. The maximum absolute atomic E-state index is 13.8. The molecule has 32 heavy (non-hydrogen) atoms. The van der Waals surface area contributed by atoms with Crippen molar-refractivity contribution >= 4 is 11.6 Å². The van der Waals surface area contributed by atoms with Crippen LogP contribution in [0.1, 0.15) is 72.1 Å². The Bertz CT molecular complexity index is 970. The third kappa shape index (κ3) is 5.44. The molecule has 4 nitrogen and oxygen atoms in total. The monoisotopic (exact) mass is 448 g/mol. The zero-order valence-electron chi connectivity index (χ0n) is 19.1. The Balaban J connectivity index is 2.01. The lowest BCUT2D eigenvalue weighted by atomic mass is 9.93. The lowest BCUT2D eigenvalue weighted by Crippen LogP contribution is -2.27. The lowest BCUT2D eigenvalue weighted by molar-refractivity contribution is -0.138. The summed E-state index contributed by atoms with van der Waals surface area (Å²) in [4.78, 5) is 15.4. The number of anilines is 1. The summed E-state index contributed by atoms with van der Waals surface area (Å²) >= 11 is 0. The molecule has 2 aromatic rings. The number of likely N-dealkylation sites (N-methyl/N-ethyl adjacent to an activating group) is 1. The standard InChI is InChI=1S/C25H31F3N2O2/c1-5-6-12-32-23-14-19(16(2)3)21(25(26,27)28)13-20(23)24(31)29-22-9-7-8-17-15-30(4)11-10-18(17)22/h7-9,13-14,16H,5-6,10-12,15H2,1-4H3,(H,29,31). The Morgan fingerprint density at radius 2 is 2.00 bits per heavy atom. The molecule has 0 bridgehead atoms. The fraction of sp³-hybridized carbons (Fsp3) is 0.480. The van der Waals surface area contributed by atoms with E-state index in [0.717, 1.165) is 49.5 Å². The van der Waals surface area contributed by atoms with Crippen molar-refractivity contribution in [1.82, 2.24) is 4.90 Å². The maximum atomic E-state index is 13.8. The van der Waals surface area contributed by atoms with E-state index in [1.807, 2.05) is 26.1 Å². The topological polar surface area (TPSA) is 41.6 Å². The van der Waals surface area contributed by atoms with Gasteiger partial charge in [-0.25, -0.2) is 0 Å². The number of hydrogen-bond acceptors (Lipinski definition) is 3. The van der Waals surface area contributed by atoms with Crippen LogP contribution in [0.3, 0.4) is 0 Å². The summed E-state index contributed by atoms with van der Waals surface area (Å²) in [6.45, 7) is 7.37. The Morgan fingerprint density at radius 1 is 1.25 bits per heavy atom. The first-order valence-electron chi connectivity index (χ1n) is 11.1. The van der Waals surface area contributed by atoms with E-state index < -0.39 is 17.6 Å². The van der Waals surface area contributed by atoms with Crippen molar-refractivity contribution in [2.75, 3.05) is 25.5 Å². The Morgan fingerprint density at radius 3 is 2.66 bits per heavy atom. The lowest BCUT2D eigenvalue weighted by Gasteiger charge is -2.27. The molecule has 3 rings (SSSR count). The number of ether oxygens (including phenoxy) is 1. The van der Waals surface area contributed by atoms with Gasteiger partial charge in [-0.1, -0.05) is 39.3 Å². The molecule has 0 radical (unpaired) electrons. The summed E-state index contributed by atoms with van der Waals surface area (Å²) < 4.78 is 47.2. The Kier molecular flexibility index (Phi) is 7.49. The van der Waals surface area contributed by atoms with E-state index in [1.165, 1.54) is 6.07 Å². The van der Waals surface area contributed by atoms with Crippen molar-refractivity contribution in [3.63, 3.8) is 0 Å². The second-order valence-corrected chi connectivity index (χ2v) is 8.68. The molecule has 0 unspecified atom stereocenters. The van der Waals surface area contributed by atoms with E-state index in [0.29, 0.717) is 12.3 Å². The predicted molar refractivity (Wildman–Crippen MR) is 120 cm³/mol. The number of benzene rings is 2. The minimum absolute atomic E-state index is 0.0941. The van der Waals surface area contributed by atoms with Gasteiger partial charge in [-0.3, -0.25) is 4.79 Å². The van der Waals surface area contributed by atoms with Gasteiger partial charge in [0.2, 0.25) is 0 Å². The van der Waals surface area contributed by atoms with E-state index in [4.69, 9.17) is 4.74 Å². The van der Waals surface area contributed by atoms with Crippen LogP contribution in [0.15, 0.2) is 30.3 Å². The van der Waals surface area contributed by atoms with Gasteiger partial charge in [-0.2, -0.15) is 13.2 Å². The van der Waals surface area contributed by atoms with Crippen LogP contribution in [0.5, 0.6) is 5.75 Å². The third-order valence-electron chi connectivity index (χ3n) is 5.78. The van der Waals surface area contributed by atoms with Gasteiger partial charge >= 0.3 is 6.18 Å². The van der Waals surface area contributed by atoms with E-state index in [1.54, 1.807) is 19.9 Å². The van der Waals surface area contributed by atoms with Crippen LogP contribution in [0, 0.1) is 0 Å². The van der Waals surface area contributed by atoms with E-state index >= 15 is 0 Å².